The Kier molecular flexibility index (Phi) is 5.64. The summed E-state index contributed by atoms with van der Waals surface area (Å²) in [7, 11) is 2.26. The molecule has 1 aromatic rings. The van der Waals surface area contributed by atoms with Crippen molar-refractivity contribution in [2.24, 2.45) is 0 Å². The van der Waals surface area contributed by atoms with E-state index in [9.17, 15) is 0 Å². The van der Waals surface area contributed by atoms with Crippen LogP contribution in [0.3, 0.4) is 0 Å². The Morgan fingerprint density at radius 3 is 2.53 bits per heavy atom. The normalized spacial score (nSPS) is 17.4. The molecule has 1 aliphatic carbocycles. The van der Waals surface area contributed by atoms with Crippen LogP contribution in [-0.4, -0.2) is 29.5 Å². The Morgan fingerprint density at radius 1 is 1.21 bits per heavy atom. The van der Waals surface area contributed by atoms with Crippen molar-refractivity contribution in [2.75, 3.05) is 18.9 Å². The van der Waals surface area contributed by atoms with Crippen LogP contribution in [0, 0.1) is 0 Å². The van der Waals surface area contributed by atoms with Gasteiger partial charge in [-0.3, -0.25) is 4.90 Å². The lowest BCUT2D eigenvalue weighted by molar-refractivity contribution is 0.213. The highest BCUT2D eigenvalue weighted by Crippen LogP contribution is 2.22. The third-order valence-electron chi connectivity index (χ3n) is 4.06. The van der Waals surface area contributed by atoms with Gasteiger partial charge in [-0.05, 0) is 38.4 Å². The molecular formula is C16H27N3. The standard InChI is InChI=1S/C16H27N3/c1-3-17-16-11-10-14(12-18-16)13-19(2)15-8-6-4-5-7-9-15/h10-12,15H,3-9,13H2,1-2H3,(H,17,18). The third kappa shape index (κ3) is 4.50. The van der Waals surface area contributed by atoms with E-state index in [-0.39, 0.29) is 0 Å². The van der Waals surface area contributed by atoms with Crippen molar-refractivity contribution in [3.05, 3.63) is 23.9 Å². The van der Waals surface area contributed by atoms with Gasteiger partial charge < -0.3 is 5.32 Å². The van der Waals surface area contributed by atoms with Crippen molar-refractivity contribution in [1.29, 1.82) is 0 Å². The van der Waals surface area contributed by atoms with Crippen molar-refractivity contribution in [1.82, 2.24) is 9.88 Å². The van der Waals surface area contributed by atoms with Crippen molar-refractivity contribution >= 4 is 5.82 Å². The van der Waals surface area contributed by atoms with Gasteiger partial charge in [0.2, 0.25) is 0 Å². The van der Waals surface area contributed by atoms with Crippen molar-refractivity contribution < 1.29 is 0 Å². The van der Waals surface area contributed by atoms with E-state index >= 15 is 0 Å². The molecule has 19 heavy (non-hydrogen) atoms. The molecular weight excluding hydrogens is 234 g/mol. The highest BCUT2D eigenvalue weighted by atomic mass is 15.1. The molecule has 106 valence electrons. The van der Waals surface area contributed by atoms with Crippen LogP contribution < -0.4 is 5.32 Å². The SMILES string of the molecule is CCNc1ccc(CN(C)C2CCCCCC2)cn1. The maximum atomic E-state index is 4.45. The van der Waals surface area contributed by atoms with Crippen molar-refractivity contribution in [2.45, 2.75) is 58.0 Å². The minimum Gasteiger partial charge on any atom is -0.370 e. The summed E-state index contributed by atoms with van der Waals surface area (Å²) in [5.41, 5.74) is 1.31. The maximum Gasteiger partial charge on any atom is 0.125 e. The van der Waals surface area contributed by atoms with E-state index < -0.39 is 0 Å². The summed E-state index contributed by atoms with van der Waals surface area (Å²) in [4.78, 5) is 6.96. The summed E-state index contributed by atoms with van der Waals surface area (Å²) >= 11 is 0. The average molecular weight is 261 g/mol. The topological polar surface area (TPSA) is 28.2 Å². The lowest BCUT2D eigenvalue weighted by atomic mass is 10.1. The molecule has 3 heteroatoms. The molecule has 0 amide bonds. The fraction of sp³-hybridized carbons (Fsp3) is 0.688. The number of pyridine rings is 1. The molecule has 0 spiro atoms. The van der Waals surface area contributed by atoms with E-state index in [4.69, 9.17) is 0 Å². The van der Waals surface area contributed by atoms with Gasteiger partial charge >= 0.3 is 0 Å². The highest BCUT2D eigenvalue weighted by molar-refractivity contribution is 5.35. The molecule has 1 saturated carbocycles. The number of rotatable bonds is 5. The van der Waals surface area contributed by atoms with E-state index in [0.29, 0.717) is 0 Å². The van der Waals surface area contributed by atoms with E-state index in [1.165, 1.54) is 44.1 Å². The van der Waals surface area contributed by atoms with Gasteiger partial charge in [0.1, 0.15) is 5.82 Å². The zero-order valence-electron chi connectivity index (χ0n) is 12.4. The van der Waals surface area contributed by atoms with Gasteiger partial charge in [-0.15, -0.1) is 0 Å². The van der Waals surface area contributed by atoms with Crippen LogP contribution >= 0.6 is 0 Å². The highest BCUT2D eigenvalue weighted by Gasteiger charge is 2.16. The Morgan fingerprint density at radius 2 is 1.95 bits per heavy atom. The molecule has 1 aliphatic rings. The van der Waals surface area contributed by atoms with Crippen LogP contribution in [-0.2, 0) is 6.54 Å². The smallest absolute Gasteiger partial charge is 0.125 e. The molecule has 3 nitrogen and oxygen atoms in total. The van der Waals surface area contributed by atoms with Gasteiger partial charge in [0, 0.05) is 25.3 Å². The van der Waals surface area contributed by atoms with Crippen LogP contribution in [0.2, 0.25) is 0 Å². The molecule has 0 unspecified atom stereocenters. The molecule has 1 aromatic heterocycles. The van der Waals surface area contributed by atoms with Crippen molar-refractivity contribution in [3.8, 4) is 0 Å². The quantitative estimate of drug-likeness (QED) is 0.820. The van der Waals surface area contributed by atoms with Gasteiger partial charge in [-0.1, -0.05) is 31.7 Å². The number of nitrogens with one attached hydrogen (secondary N) is 1. The van der Waals surface area contributed by atoms with Crippen LogP contribution in [0.1, 0.15) is 51.0 Å². The zero-order valence-corrected chi connectivity index (χ0v) is 12.4. The number of hydrogen-bond donors (Lipinski definition) is 1. The largest absolute Gasteiger partial charge is 0.370 e. The second kappa shape index (κ2) is 7.49. The molecule has 0 atom stereocenters. The first kappa shape index (κ1) is 14.3. The summed E-state index contributed by atoms with van der Waals surface area (Å²) in [6, 6.07) is 5.04. The fourth-order valence-electron chi connectivity index (χ4n) is 2.92. The first-order valence-electron chi connectivity index (χ1n) is 7.68. The fourth-order valence-corrected chi connectivity index (χ4v) is 2.92. The van der Waals surface area contributed by atoms with Gasteiger partial charge in [0.15, 0.2) is 0 Å². The van der Waals surface area contributed by atoms with E-state index in [0.717, 1.165) is 24.9 Å². The minimum atomic E-state index is 0.760. The summed E-state index contributed by atoms with van der Waals surface area (Å²) in [5.74, 6) is 0.975. The van der Waals surface area contributed by atoms with E-state index in [2.05, 4.69) is 41.3 Å². The summed E-state index contributed by atoms with van der Waals surface area (Å²) < 4.78 is 0. The first-order chi connectivity index (χ1) is 9.29. The molecule has 0 saturated heterocycles. The molecule has 0 bridgehead atoms. The first-order valence-corrected chi connectivity index (χ1v) is 7.68. The molecule has 1 N–H and O–H groups in total. The molecule has 2 rings (SSSR count). The Hall–Kier alpha value is -1.09. The van der Waals surface area contributed by atoms with E-state index in [1.54, 1.807) is 0 Å². The van der Waals surface area contributed by atoms with Crippen LogP contribution in [0.25, 0.3) is 0 Å². The lowest BCUT2D eigenvalue weighted by Gasteiger charge is -2.27. The number of hydrogen-bond acceptors (Lipinski definition) is 3. The minimum absolute atomic E-state index is 0.760. The number of anilines is 1. The van der Waals surface area contributed by atoms with Gasteiger partial charge in [0.25, 0.3) is 0 Å². The Labute approximate surface area is 117 Å². The predicted molar refractivity (Wildman–Crippen MR) is 81.4 cm³/mol. The third-order valence-corrected chi connectivity index (χ3v) is 4.06. The van der Waals surface area contributed by atoms with Gasteiger partial charge in [-0.25, -0.2) is 4.98 Å². The van der Waals surface area contributed by atoms with Crippen LogP contribution in [0.15, 0.2) is 18.3 Å². The summed E-state index contributed by atoms with van der Waals surface area (Å²) in [6.07, 6.45) is 10.4. The van der Waals surface area contributed by atoms with Crippen LogP contribution in [0.5, 0.6) is 0 Å². The maximum absolute atomic E-state index is 4.45. The number of aromatic nitrogens is 1. The van der Waals surface area contributed by atoms with Gasteiger partial charge in [-0.2, -0.15) is 0 Å². The lowest BCUT2D eigenvalue weighted by Crippen LogP contribution is -2.30. The van der Waals surface area contributed by atoms with Crippen LogP contribution in [0.4, 0.5) is 5.82 Å². The number of nitrogens with zero attached hydrogens (tertiary/aromatic N) is 2. The summed E-state index contributed by atoms with van der Waals surface area (Å²) in [6.45, 7) is 4.04. The summed E-state index contributed by atoms with van der Waals surface area (Å²) in [5, 5.41) is 3.23. The second-order valence-electron chi connectivity index (χ2n) is 5.64. The molecule has 1 fully saturated rings. The zero-order chi connectivity index (χ0) is 13.5. The van der Waals surface area contributed by atoms with Gasteiger partial charge in [0.05, 0.1) is 0 Å². The van der Waals surface area contributed by atoms with Crippen molar-refractivity contribution in [3.63, 3.8) is 0 Å². The van der Waals surface area contributed by atoms with E-state index in [1.807, 2.05) is 6.20 Å². The average Bonchev–Trinajstić information content (AvgIpc) is 2.70. The monoisotopic (exact) mass is 261 g/mol. The molecule has 0 radical (unpaired) electrons. The second-order valence-corrected chi connectivity index (χ2v) is 5.64. The molecule has 0 aliphatic heterocycles. The molecule has 0 aromatic carbocycles. The molecule has 1 heterocycles. The Balaban J connectivity index is 1.88. The Bertz CT molecular complexity index is 353. The predicted octanol–water partition coefficient (Wildman–Crippen LogP) is 3.67.